The molecule has 0 radical (unpaired) electrons. The van der Waals surface area contributed by atoms with Gasteiger partial charge in [-0.15, -0.1) is 0 Å². The predicted octanol–water partition coefficient (Wildman–Crippen LogP) is 2.56. The first-order valence-corrected chi connectivity index (χ1v) is 9.95. The van der Waals surface area contributed by atoms with Crippen molar-refractivity contribution in [3.8, 4) is 0 Å². The van der Waals surface area contributed by atoms with E-state index in [1.807, 2.05) is 30.5 Å². The number of benzene rings is 2. The molecule has 2 amide bonds. The van der Waals surface area contributed by atoms with Gasteiger partial charge >= 0.3 is 5.97 Å². The van der Waals surface area contributed by atoms with Gasteiger partial charge in [0, 0.05) is 42.2 Å². The Balaban J connectivity index is 1.47. The van der Waals surface area contributed by atoms with Gasteiger partial charge in [-0.3, -0.25) is 9.59 Å². The number of methoxy groups -OCH3 is 1. The number of rotatable bonds is 6. The van der Waals surface area contributed by atoms with Crippen LogP contribution in [0.4, 0.5) is 10.1 Å². The summed E-state index contributed by atoms with van der Waals surface area (Å²) < 4.78 is 18.1. The highest BCUT2D eigenvalue weighted by Gasteiger charge is 2.37. The zero-order valence-corrected chi connectivity index (χ0v) is 16.9. The first-order chi connectivity index (χ1) is 15.0. The van der Waals surface area contributed by atoms with Crippen molar-refractivity contribution in [1.82, 2.24) is 10.3 Å². The molecule has 160 valence electrons. The monoisotopic (exact) mass is 423 g/mol. The molecule has 0 bridgehead atoms. The van der Waals surface area contributed by atoms with E-state index in [1.165, 1.54) is 36.3 Å². The van der Waals surface area contributed by atoms with Gasteiger partial charge in [0.05, 0.1) is 13.0 Å². The number of nitrogens with one attached hydrogen (secondary N) is 2. The lowest BCUT2D eigenvalue weighted by Gasteiger charge is -2.19. The molecule has 3 aromatic rings. The second-order valence-corrected chi connectivity index (χ2v) is 7.53. The molecule has 7 nitrogen and oxygen atoms in total. The van der Waals surface area contributed by atoms with Gasteiger partial charge in [-0.25, -0.2) is 9.18 Å². The van der Waals surface area contributed by atoms with Crippen molar-refractivity contribution in [2.45, 2.75) is 18.9 Å². The van der Waals surface area contributed by atoms with E-state index in [4.69, 9.17) is 4.74 Å². The van der Waals surface area contributed by atoms with Crippen molar-refractivity contribution in [3.05, 3.63) is 66.1 Å². The van der Waals surface area contributed by atoms with Crippen LogP contribution in [0.25, 0.3) is 10.9 Å². The maximum absolute atomic E-state index is 13.2. The van der Waals surface area contributed by atoms with E-state index < -0.39 is 29.7 Å². The molecule has 4 rings (SSSR count). The Labute approximate surface area is 178 Å². The number of hydrogen-bond acceptors (Lipinski definition) is 4. The van der Waals surface area contributed by atoms with E-state index in [0.717, 1.165) is 16.5 Å². The van der Waals surface area contributed by atoms with Crippen LogP contribution in [-0.4, -0.2) is 42.5 Å². The molecule has 8 heteroatoms. The average Bonchev–Trinajstić information content (AvgIpc) is 3.37. The minimum absolute atomic E-state index is 0.0180. The number of anilines is 1. The number of para-hydroxylation sites is 1. The number of halogens is 1. The Morgan fingerprint density at radius 3 is 2.71 bits per heavy atom. The molecule has 2 unspecified atom stereocenters. The SMILES string of the molecule is COC(=O)C(Cc1c[nH]c2ccccc12)NC(=O)C1CC(=O)N(c2ccc(F)cc2)C1. The topological polar surface area (TPSA) is 91.5 Å². The number of aromatic amines is 1. The minimum Gasteiger partial charge on any atom is -0.467 e. The Morgan fingerprint density at radius 2 is 1.97 bits per heavy atom. The lowest BCUT2D eigenvalue weighted by molar-refractivity contribution is -0.145. The Morgan fingerprint density at radius 1 is 1.23 bits per heavy atom. The van der Waals surface area contributed by atoms with E-state index in [0.29, 0.717) is 5.69 Å². The van der Waals surface area contributed by atoms with Crippen LogP contribution in [0.2, 0.25) is 0 Å². The molecular weight excluding hydrogens is 401 g/mol. The predicted molar refractivity (Wildman–Crippen MR) is 113 cm³/mol. The number of hydrogen-bond donors (Lipinski definition) is 2. The van der Waals surface area contributed by atoms with Gasteiger partial charge in [-0.2, -0.15) is 0 Å². The smallest absolute Gasteiger partial charge is 0.328 e. The van der Waals surface area contributed by atoms with Crippen LogP contribution in [0.15, 0.2) is 54.7 Å². The van der Waals surface area contributed by atoms with Crippen molar-refractivity contribution in [2.24, 2.45) is 5.92 Å². The van der Waals surface area contributed by atoms with Crippen molar-refractivity contribution in [3.63, 3.8) is 0 Å². The van der Waals surface area contributed by atoms with Gasteiger partial charge in [-0.1, -0.05) is 18.2 Å². The molecule has 1 aromatic heterocycles. The normalized spacial score (nSPS) is 17.0. The summed E-state index contributed by atoms with van der Waals surface area (Å²) in [4.78, 5) is 42.2. The Bertz CT molecular complexity index is 1130. The minimum atomic E-state index is -0.883. The highest BCUT2D eigenvalue weighted by Crippen LogP contribution is 2.26. The van der Waals surface area contributed by atoms with Gasteiger partial charge in [0.2, 0.25) is 11.8 Å². The van der Waals surface area contributed by atoms with Gasteiger partial charge < -0.3 is 19.9 Å². The fraction of sp³-hybridized carbons (Fsp3) is 0.261. The van der Waals surface area contributed by atoms with E-state index in [-0.39, 0.29) is 25.3 Å². The summed E-state index contributed by atoms with van der Waals surface area (Å²) >= 11 is 0. The summed E-state index contributed by atoms with van der Waals surface area (Å²) in [5.74, 6) is -2.19. The van der Waals surface area contributed by atoms with Crippen LogP contribution in [0.1, 0.15) is 12.0 Å². The Hall–Kier alpha value is -3.68. The highest BCUT2D eigenvalue weighted by atomic mass is 19.1. The molecule has 0 spiro atoms. The number of ether oxygens (including phenoxy) is 1. The first kappa shape index (κ1) is 20.6. The fourth-order valence-corrected chi connectivity index (χ4v) is 3.90. The third-order valence-corrected chi connectivity index (χ3v) is 5.54. The summed E-state index contributed by atoms with van der Waals surface area (Å²) in [5, 5.41) is 3.71. The third kappa shape index (κ3) is 4.28. The molecule has 2 heterocycles. The zero-order valence-electron chi connectivity index (χ0n) is 16.9. The number of fused-ring (bicyclic) bond motifs is 1. The van der Waals surface area contributed by atoms with Gasteiger partial charge in [0.15, 0.2) is 0 Å². The molecule has 2 atom stereocenters. The van der Waals surface area contributed by atoms with Crippen LogP contribution in [0.5, 0.6) is 0 Å². The van der Waals surface area contributed by atoms with E-state index in [9.17, 15) is 18.8 Å². The molecule has 1 aliphatic rings. The zero-order chi connectivity index (χ0) is 22.0. The average molecular weight is 423 g/mol. The van der Waals surface area contributed by atoms with Crippen LogP contribution >= 0.6 is 0 Å². The molecule has 1 saturated heterocycles. The second kappa shape index (κ2) is 8.59. The van der Waals surface area contributed by atoms with Crippen LogP contribution in [0, 0.1) is 11.7 Å². The van der Waals surface area contributed by atoms with Crippen molar-refractivity contribution in [2.75, 3.05) is 18.6 Å². The van der Waals surface area contributed by atoms with E-state index in [2.05, 4.69) is 10.3 Å². The number of esters is 1. The number of nitrogens with zero attached hydrogens (tertiary/aromatic N) is 1. The summed E-state index contributed by atoms with van der Waals surface area (Å²) in [6.07, 6.45) is 2.08. The summed E-state index contributed by atoms with van der Waals surface area (Å²) in [6.45, 7) is 0.164. The maximum atomic E-state index is 13.2. The molecule has 0 saturated carbocycles. The van der Waals surface area contributed by atoms with Crippen LogP contribution < -0.4 is 10.2 Å². The first-order valence-electron chi connectivity index (χ1n) is 9.95. The number of carbonyl (C=O) groups excluding carboxylic acids is 3. The fourth-order valence-electron chi connectivity index (χ4n) is 3.90. The largest absolute Gasteiger partial charge is 0.467 e. The quantitative estimate of drug-likeness (QED) is 0.596. The van der Waals surface area contributed by atoms with Crippen molar-refractivity contribution >= 4 is 34.4 Å². The number of aromatic nitrogens is 1. The molecule has 0 aliphatic carbocycles. The second-order valence-electron chi connectivity index (χ2n) is 7.53. The van der Waals surface area contributed by atoms with Crippen molar-refractivity contribution in [1.29, 1.82) is 0 Å². The molecule has 1 aliphatic heterocycles. The molecule has 1 fully saturated rings. The van der Waals surface area contributed by atoms with Gasteiger partial charge in [-0.05, 0) is 35.9 Å². The maximum Gasteiger partial charge on any atom is 0.328 e. The molecule has 2 N–H and O–H groups in total. The highest BCUT2D eigenvalue weighted by molar-refractivity contribution is 6.01. The summed E-state index contributed by atoms with van der Waals surface area (Å²) in [7, 11) is 1.27. The summed E-state index contributed by atoms with van der Waals surface area (Å²) in [5.41, 5.74) is 2.34. The lowest BCUT2D eigenvalue weighted by atomic mass is 10.0. The van der Waals surface area contributed by atoms with Crippen molar-refractivity contribution < 1.29 is 23.5 Å². The third-order valence-electron chi connectivity index (χ3n) is 5.54. The summed E-state index contributed by atoms with van der Waals surface area (Å²) in [6, 6.07) is 12.3. The van der Waals surface area contributed by atoms with Crippen LogP contribution in [0.3, 0.4) is 0 Å². The van der Waals surface area contributed by atoms with Gasteiger partial charge in [0.25, 0.3) is 0 Å². The van der Waals surface area contributed by atoms with Crippen LogP contribution in [-0.2, 0) is 25.5 Å². The molecule has 31 heavy (non-hydrogen) atoms. The number of H-pyrrole nitrogens is 1. The number of carbonyl (C=O) groups is 3. The molecular formula is C23H22FN3O4. The van der Waals surface area contributed by atoms with E-state index >= 15 is 0 Å². The number of amides is 2. The Kier molecular flexibility index (Phi) is 5.70. The van der Waals surface area contributed by atoms with E-state index in [1.54, 1.807) is 0 Å². The molecule has 2 aromatic carbocycles. The van der Waals surface area contributed by atoms with Gasteiger partial charge in [0.1, 0.15) is 11.9 Å². The lowest BCUT2D eigenvalue weighted by Crippen LogP contribution is -2.46. The standard InChI is InChI=1S/C23H22FN3O4/c1-31-23(30)20(10-14-12-25-19-5-3-2-4-18(14)19)26-22(29)15-11-21(28)27(13-15)17-8-6-16(24)7-9-17/h2-9,12,15,20,25H,10-11,13H2,1H3,(H,26,29).